The Morgan fingerprint density at radius 2 is 2.11 bits per heavy atom. The average Bonchev–Trinajstić information content (AvgIpc) is 3.52. The van der Waals surface area contributed by atoms with Crippen LogP contribution in [-0.4, -0.2) is 53.2 Å². The van der Waals surface area contributed by atoms with Crippen LogP contribution < -0.4 is 10.1 Å². The first kappa shape index (κ1) is 23.8. The van der Waals surface area contributed by atoms with E-state index in [1.807, 2.05) is 0 Å². The van der Waals surface area contributed by atoms with Crippen LogP contribution in [0.3, 0.4) is 0 Å². The number of hydrogen-bond donors (Lipinski definition) is 3. The number of nitrogens with zero attached hydrogens (tertiary/aromatic N) is 1. The van der Waals surface area contributed by atoms with Gasteiger partial charge in [-0.3, -0.25) is 9.59 Å². The molecule has 2 aromatic heterocycles. The third kappa shape index (κ3) is 4.29. The van der Waals surface area contributed by atoms with Gasteiger partial charge >= 0.3 is 0 Å². The summed E-state index contributed by atoms with van der Waals surface area (Å²) in [5.41, 5.74) is 2.66. The maximum absolute atomic E-state index is 13.6. The number of carbonyl (C=O) groups is 2. The predicted octanol–water partition coefficient (Wildman–Crippen LogP) is 4.77. The number of hydrogen-bond acceptors (Lipinski definition) is 5. The Morgan fingerprint density at radius 3 is 2.78 bits per heavy atom. The third-order valence-corrected chi connectivity index (χ3v) is 7.04. The van der Waals surface area contributed by atoms with E-state index >= 15 is 0 Å². The Hall–Kier alpha value is -3.88. The van der Waals surface area contributed by atoms with Crippen molar-refractivity contribution in [1.29, 1.82) is 5.41 Å². The average molecular weight is 493 g/mol. The summed E-state index contributed by atoms with van der Waals surface area (Å²) in [5, 5.41) is 11.3. The second kappa shape index (κ2) is 9.29. The van der Waals surface area contributed by atoms with Gasteiger partial charge in [-0.2, -0.15) is 0 Å². The number of nitrogens with one attached hydrogen (secondary N) is 3. The minimum absolute atomic E-state index is 0.0861. The Kier molecular flexibility index (Phi) is 6.15. The minimum Gasteiger partial charge on any atom is -0.460 e. The highest BCUT2D eigenvalue weighted by Gasteiger charge is 2.40. The number of aromatic nitrogens is 1. The molecule has 9 heteroatoms. The molecule has 3 aromatic rings. The number of H-pyrrole nitrogens is 1. The first-order valence-corrected chi connectivity index (χ1v) is 12.1. The van der Waals surface area contributed by atoms with Crippen molar-refractivity contribution < 1.29 is 23.1 Å². The molecule has 2 unspecified atom stereocenters. The minimum atomic E-state index is -1.01. The lowest BCUT2D eigenvalue weighted by atomic mass is 10.0. The molecule has 188 valence electrons. The van der Waals surface area contributed by atoms with Crippen molar-refractivity contribution in [2.45, 2.75) is 45.8 Å². The van der Waals surface area contributed by atoms with Gasteiger partial charge in [-0.15, -0.1) is 0 Å². The lowest BCUT2D eigenvalue weighted by Crippen LogP contribution is -2.58. The lowest BCUT2D eigenvalue weighted by Gasteiger charge is -2.41. The molecule has 3 N–H and O–H groups in total. The van der Waals surface area contributed by atoms with E-state index in [2.05, 4.69) is 10.3 Å². The maximum atomic E-state index is 13.6. The molecule has 36 heavy (non-hydrogen) atoms. The number of halogens is 1. The number of furan rings is 1. The van der Waals surface area contributed by atoms with Gasteiger partial charge in [0.2, 0.25) is 0 Å². The van der Waals surface area contributed by atoms with Crippen molar-refractivity contribution in [3.63, 3.8) is 0 Å². The molecule has 2 amide bonds. The Labute approximate surface area is 208 Å². The van der Waals surface area contributed by atoms with Crippen LogP contribution in [-0.2, 0) is 0 Å². The number of fused-ring (bicyclic) bond motifs is 1. The second-order valence-electron chi connectivity index (χ2n) is 9.56. The highest BCUT2D eigenvalue weighted by atomic mass is 19.1. The van der Waals surface area contributed by atoms with Gasteiger partial charge in [-0.25, -0.2) is 4.39 Å². The number of ether oxygens (including phenoxy) is 1. The number of carbonyl (C=O) groups excluding carboxylic acids is 2. The fourth-order valence-electron chi connectivity index (χ4n) is 4.52. The Morgan fingerprint density at radius 1 is 1.33 bits per heavy atom. The van der Waals surface area contributed by atoms with E-state index in [1.54, 1.807) is 45.2 Å². The number of alkyl halides is 1. The van der Waals surface area contributed by atoms with Crippen molar-refractivity contribution in [1.82, 2.24) is 15.2 Å². The van der Waals surface area contributed by atoms with E-state index in [0.717, 1.165) is 19.1 Å². The fraction of sp³-hybridized carbons (Fsp3) is 0.370. The molecule has 2 atom stereocenters. The molecule has 2 aliphatic rings. The summed E-state index contributed by atoms with van der Waals surface area (Å²) in [5.74, 6) is 1.51. The molecule has 0 spiro atoms. The molecule has 5 rings (SSSR count). The van der Waals surface area contributed by atoms with Crippen LogP contribution in [0.4, 0.5) is 4.39 Å². The second-order valence-corrected chi connectivity index (χ2v) is 9.56. The predicted molar refractivity (Wildman–Crippen MR) is 134 cm³/mol. The van der Waals surface area contributed by atoms with Crippen LogP contribution in [0.5, 0.6) is 5.75 Å². The number of aryl methyl sites for hydroxylation is 1. The molecule has 1 saturated carbocycles. The normalized spacial score (nSPS) is 19.8. The topological polar surface area (TPSA) is 111 Å². The molecule has 1 aliphatic carbocycles. The summed E-state index contributed by atoms with van der Waals surface area (Å²) in [7, 11) is 0. The van der Waals surface area contributed by atoms with E-state index in [9.17, 15) is 14.0 Å². The molecule has 2 fully saturated rings. The zero-order valence-corrected chi connectivity index (χ0v) is 20.5. The van der Waals surface area contributed by atoms with E-state index < -0.39 is 12.2 Å². The van der Waals surface area contributed by atoms with E-state index in [0.29, 0.717) is 63.1 Å². The number of aromatic amines is 1. The van der Waals surface area contributed by atoms with Crippen molar-refractivity contribution in [3.8, 4) is 5.75 Å². The molecule has 1 saturated heterocycles. The largest absolute Gasteiger partial charge is 0.460 e. The quantitative estimate of drug-likeness (QED) is 0.311. The van der Waals surface area contributed by atoms with E-state index in [-0.39, 0.29) is 18.4 Å². The SMILES string of the molecule is Cc1oc2cc(O/C(=C/C=N)c3[nH]cc(C(=O)N4CC(F)C4C)c3C)ccc2c1C(=O)NCC1CC1. The van der Waals surface area contributed by atoms with Crippen LogP contribution in [0.15, 0.2) is 34.9 Å². The van der Waals surface area contributed by atoms with Gasteiger partial charge in [0.15, 0.2) is 5.76 Å². The first-order valence-electron chi connectivity index (χ1n) is 12.1. The summed E-state index contributed by atoms with van der Waals surface area (Å²) in [6.07, 6.45) is 5.46. The van der Waals surface area contributed by atoms with Gasteiger partial charge in [-0.05, 0) is 57.2 Å². The fourth-order valence-corrected chi connectivity index (χ4v) is 4.52. The van der Waals surface area contributed by atoms with Gasteiger partial charge in [0.25, 0.3) is 11.8 Å². The van der Waals surface area contributed by atoms with E-state index in [1.165, 1.54) is 11.0 Å². The summed E-state index contributed by atoms with van der Waals surface area (Å²) in [4.78, 5) is 30.2. The summed E-state index contributed by atoms with van der Waals surface area (Å²) >= 11 is 0. The molecule has 0 bridgehead atoms. The van der Waals surface area contributed by atoms with Gasteiger partial charge in [0.1, 0.15) is 23.3 Å². The van der Waals surface area contributed by atoms with Crippen molar-refractivity contribution >= 4 is 34.8 Å². The number of rotatable bonds is 8. The zero-order chi connectivity index (χ0) is 25.6. The van der Waals surface area contributed by atoms with Gasteiger partial charge < -0.3 is 29.8 Å². The van der Waals surface area contributed by atoms with Crippen LogP contribution >= 0.6 is 0 Å². The van der Waals surface area contributed by atoms with Crippen molar-refractivity contribution in [2.24, 2.45) is 5.92 Å². The molecular formula is C27H29FN4O4. The highest BCUT2D eigenvalue weighted by Crippen LogP contribution is 2.33. The molecule has 3 heterocycles. The number of benzene rings is 1. The zero-order valence-electron chi connectivity index (χ0n) is 20.5. The summed E-state index contributed by atoms with van der Waals surface area (Å²) < 4.78 is 25.5. The molecule has 1 aromatic carbocycles. The monoisotopic (exact) mass is 492 g/mol. The Bertz CT molecular complexity index is 1380. The highest BCUT2D eigenvalue weighted by molar-refractivity contribution is 6.07. The Balaban J connectivity index is 1.38. The molecular weight excluding hydrogens is 463 g/mol. The maximum Gasteiger partial charge on any atom is 0.256 e. The molecule has 1 aliphatic heterocycles. The van der Waals surface area contributed by atoms with Gasteiger partial charge in [-0.1, -0.05) is 0 Å². The van der Waals surface area contributed by atoms with Gasteiger partial charge in [0, 0.05) is 36.5 Å². The molecule has 8 nitrogen and oxygen atoms in total. The third-order valence-electron chi connectivity index (χ3n) is 7.04. The van der Waals surface area contributed by atoms with Crippen molar-refractivity contribution in [2.75, 3.05) is 13.1 Å². The van der Waals surface area contributed by atoms with Crippen LogP contribution in [0.2, 0.25) is 0 Å². The summed E-state index contributed by atoms with van der Waals surface area (Å²) in [6, 6.07) is 4.77. The van der Waals surface area contributed by atoms with Crippen molar-refractivity contribution in [3.05, 3.63) is 58.6 Å². The van der Waals surface area contributed by atoms with E-state index in [4.69, 9.17) is 14.6 Å². The van der Waals surface area contributed by atoms with Crippen LogP contribution in [0.1, 0.15) is 57.5 Å². The van der Waals surface area contributed by atoms with Crippen LogP contribution in [0.25, 0.3) is 16.7 Å². The standard InChI is InChI=1S/C27H29FN4O4/c1-14-20(27(34)32-13-21(28)15(32)2)12-30-25(14)22(8-9-29)36-18-6-7-19-23(10-18)35-16(3)24(19)26(33)31-11-17-4-5-17/h6-10,12,15,17,21,29-30H,4-5,11,13H2,1-3H3,(H,31,33)/b22-8+,29-9?. The molecule has 0 radical (unpaired) electrons. The number of amides is 2. The van der Waals surface area contributed by atoms with Crippen LogP contribution in [0, 0.1) is 25.2 Å². The number of allylic oxidation sites excluding steroid dienone is 1. The first-order chi connectivity index (χ1) is 17.3. The van der Waals surface area contributed by atoms with Gasteiger partial charge in [0.05, 0.1) is 29.4 Å². The summed E-state index contributed by atoms with van der Waals surface area (Å²) in [6.45, 7) is 5.99. The smallest absolute Gasteiger partial charge is 0.256 e. The lowest BCUT2D eigenvalue weighted by molar-refractivity contribution is 0.00638. The number of likely N-dealkylation sites (tertiary alicyclic amines) is 1.